The van der Waals surface area contributed by atoms with Crippen LogP contribution in [0.2, 0.25) is 0 Å². The summed E-state index contributed by atoms with van der Waals surface area (Å²) in [6, 6.07) is 0. The number of carbonyl (C=O) groups excluding carboxylic acids is 1. The topological polar surface area (TPSA) is 63.6 Å². The van der Waals surface area contributed by atoms with Gasteiger partial charge in [0, 0.05) is 12.3 Å². The molecule has 0 aliphatic heterocycles. The van der Waals surface area contributed by atoms with E-state index in [0.717, 1.165) is 44.9 Å². The van der Waals surface area contributed by atoms with Crippen LogP contribution in [-0.4, -0.2) is 23.1 Å². The van der Waals surface area contributed by atoms with Crippen LogP contribution in [0.1, 0.15) is 120 Å². The average Bonchev–Trinajstić information content (AvgIpc) is 2.75. The molecular weight excluding hydrogens is 448 g/mol. The van der Waals surface area contributed by atoms with Crippen molar-refractivity contribution in [3.63, 3.8) is 0 Å². The molecule has 0 saturated heterocycles. The monoisotopic (exact) mass is 498 g/mol. The van der Waals surface area contributed by atoms with Crippen LogP contribution < -0.4 is 0 Å². The fourth-order valence-electron chi connectivity index (χ4n) is 11.1. The summed E-state index contributed by atoms with van der Waals surface area (Å²) in [6.07, 6.45) is 12.7. The quantitative estimate of drug-likeness (QED) is 0.311. The molecule has 5 rings (SSSR count). The lowest BCUT2D eigenvalue weighted by molar-refractivity contribution is -0.233. The van der Waals surface area contributed by atoms with Crippen molar-refractivity contribution in [3.8, 4) is 0 Å². The maximum atomic E-state index is 12.8. The van der Waals surface area contributed by atoms with Crippen LogP contribution >= 0.6 is 0 Å². The van der Waals surface area contributed by atoms with Crippen LogP contribution in [0.3, 0.4) is 0 Å². The Morgan fingerprint density at radius 2 is 1.47 bits per heavy atom. The number of rotatable bonds is 2. The van der Waals surface area contributed by atoms with E-state index in [1.165, 1.54) is 24.8 Å². The molecule has 0 bridgehead atoms. The van der Waals surface area contributed by atoms with Gasteiger partial charge in [0.2, 0.25) is 0 Å². The minimum Gasteiger partial charge on any atom is -0.481 e. The standard InChI is InChI=1S/C32H50O4/c1-20(33)36-25-12-13-29(6)23(28(25,4)5)11-14-31(8)24(29)10-9-21-22-19-27(2,3)15-17-32(22,26(34)35)18-16-30(21,31)7/h19,21,23-25H,9-18H2,1-8H3,(H,34,35)/t21-,23?,24-,25?,29+,30-,31-,32+/m1/s1. The molecule has 0 radical (unpaired) electrons. The molecule has 4 heteroatoms. The van der Waals surface area contributed by atoms with Crippen molar-refractivity contribution in [1.82, 2.24) is 0 Å². The normalized spacial score (nSPS) is 48.8. The number of carboxylic acid groups (broad SMARTS) is 1. The Kier molecular flexibility index (Phi) is 5.74. The van der Waals surface area contributed by atoms with Crippen LogP contribution in [0.15, 0.2) is 11.6 Å². The Bertz CT molecular complexity index is 992. The molecule has 202 valence electrons. The van der Waals surface area contributed by atoms with Gasteiger partial charge >= 0.3 is 11.9 Å². The number of aliphatic carboxylic acids is 1. The first-order valence-corrected chi connectivity index (χ1v) is 14.7. The Morgan fingerprint density at radius 1 is 0.806 bits per heavy atom. The number of fused-ring (bicyclic) bond motifs is 7. The van der Waals surface area contributed by atoms with Gasteiger partial charge in [-0.25, -0.2) is 0 Å². The molecule has 5 aliphatic carbocycles. The molecule has 4 nitrogen and oxygen atoms in total. The molecule has 5 aliphatic rings. The van der Waals surface area contributed by atoms with Gasteiger partial charge < -0.3 is 9.84 Å². The third-order valence-electron chi connectivity index (χ3n) is 13.3. The molecule has 4 saturated carbocycles. The maximum Gasteiger partial charge on any atom is 0.313 e. The number of ether oxygens (including phenoxy) is 1. The molecule has 0 aromatic carbocycles. The van der Waals surface area contributed by atoms with Crippen molar-refractivity contribution in [2.24, 2.45) is 50.2 Å². The molecule has 0 aromatic heterocycles. The highest BCUT2D eigenvalue weighted by atomic mass is 16.5. The van der Waals surface area contributed by atoms with Crippen molar-refractivity contribution in [1.29, 1.82) is 0 Å². The first-order chi connectivity index (χ1) is 16.5. The summed E-state index contributed by atoms with van der Waals surface area (Å²) in [6.45, 7) is 18.5. The van der Waals surface area contributed by atoms with E-state index >= 15 is 0 Å². The van der Waals surface area contributed by atoms with E-state index in [4.69, 9.17) is 4.74 Å². The van der Waals surface area contributed by atoms with E-state index in [2.05, 4.69) is 54.5 Å². The van der Waals surface area contributed by atoms with Crippen LogP contribution in [0, 0.1) is 50.2 Å². The highest BCUT2D eigenvalue weighted by Gasteiger charge is 2.70. The fourth-order valence-corrected chi connectivity index (χ4v) is 11.1. The fraction of sp³-hybridized carbons (Fsp3) is 0.875. The molecule has 0 aromatic rings. The summed E-state index contributed by atoms with van der Waals surface area (Å²) >= 11 is 0. The third-order valence-corrected chi connectivity index (χ3v) is 13.3. The van der Waals surface area contributed by atoms with Crippen LogP contribution in [0.5, 0.6) is 0 Å². The minimum atomic E-state index is -0.645. The van der Waals surface area contributed by atoms with Gasteiger partial charge in [-0.3, -0.25) is 9.59 Å². The van der Waals surface area contributed by atoms with Gasteiger partial charge in [-0.15, -0.1) is 0 Å². The van der Waals surface area contributed by atoms with E-state index in [1.54, 1.807) is 6.92 Å². The van der Waals surface area contributed by atoms with Gasteiger partial charge in [-0.2, -0.15) is 0 Å². The van der Waals surface area contributed by atoms with Crippen molar-refractivity contribution in [2.45, 2.75) is 126 Å². The zero-order chi connectivity index (χ0) is 26.5. The Hall–Kier alpha value is -1.32. The predicted octanol–water partition coefficient (Wildman–Crippen LogP) is 7.80. The van der Waals surface area contributed by atoms with Gasteiger partial charge in [-0.05, 0) is 104 Å². The number of allylic oxidation sites excluding steroid dienone is 1. The van der Waals surface area contributed by atoms with Gasteiger partial charge in [-0.1, -0.05) is 60.1 Å². The second kappa shape index (κ2) is 7.85. The second-order valence-corrected chi connectivity index (χ2v) is 15.5. The number of hydrogen-bond donors (Lipinski definition) is 1. The molecule has 8 atom stereocenters. The molecular formula is C32H50O4. The number of carboxylic acids is 1. The van der Waals surface area contributed by atoms with Crippen LogP contribution in [0.25, 0.3) is 0 Å². The summed E-state index contributed by atoms with van der Waals surface area (Å²) in [4.78, 5) is 24.7. The number of hydrogen-bond acceptors (Lipinski definition) is 3. The highest BCUT2D eigenvalue weighted by Crippen LogP contribution is 2.76. The van der Waals surface area contributed by atoms with Crippen molar-refractivity contribution >= 4 is 11.9 Å². The van der Waals surface area contributed by atoms with Gasteiger partial charge in [0.1, 0.15) is 6.10 Å². The first-order valence-electron chi connectivity index (χ1n) is 14.7. The van der Waals surface area contributed by atoms with Crippen molar-refractivity contribution in [3.05, 3.63) is 11.6 Å². The van der Waals surface area contributed by atoms with E-state index in [-0.39, 0.29) is 39.1 Å². The highest BCUT2D eigenvalue weighted by molar-refractivity contribution is 5.80. The second-order valence-electron chi connectivity index (χ2n) is 15.5. The third kappa shape index (κ3) is 3.30. The minimum absolute atomic E-state index is 0.00449. The van der Waals surface area contributed by atoms with E-state index in [9.17, 15) is 14.7 Å². The summed E-state index contributed by atoms with van der Waals surface area (Å²) in [5, 5.41) is 10.5. The molecule has 4 fully saturated rings. The van der Waals surface area contributed by atoms with Crippen molar-refractivity contribution < 1.29 is 19.4 Å². The van der Waals surface area contributed by atoms with Crippen LogP contribution in [0.4, 0.5) is 0 Å². The summed E-state index contributed by atoms with van der Waals surface area (Å²) in [5.41, 5.74) is 1.23. The summed E-state index contributed by atoms with van der Waals surface area (Å²) in [7, 11) is 0. The van der Waals surface area contributed by atoms with Crippen molar-refractivity contribution in [2.75, 3.05) is 0 Å². The summed E-state index contributed by atoms with van der Waals surface area (Å²) < 4.78 is 5.88. The number of esters is 1. The lowest BCUT2D eigenvalue weighted by atomic mass is 9.32. The van der Waals surface area contributed by atoms with Crippen LogP contribution in [-0.2, 0) is 14.3 Å². The van der Waals surface area contributed by atoms with E-state index < -0.39 is 11.4 Å². The predicted molar refractivity (Wildman–Crippen MR) is 142 cm³/mol. The van der Waals surface area contributed by atoms with E-state index in [0.29, 0.717) is 17.8 Å². The lowest BCUT2D eigenvalue weighted by Crippen LogP contribution is -2.66. The zero-order valence-corrected chi connectivity index (χ0v) is 24.1. The Labute approximate surface area is 219 Å². The van der Waals surface area contributed by atoms with Gasteiger partial charge in [0.05, 0.1) is 5.41 Å². The zero-order valence-electron chi connectivity index (χ0n) is 24.1. The lowest BCUT2D eigenvalue weighted by Gasteiger charge is -2.72. The number of carbonyl (C=O) groups is 2. The molecule has 0 spiro atoms. The average molecular weight is 499 g/mol. The Balaban J connectivity index is 1.54. The first kappa shape index (κ1) is 26.3. The molecule has 0 amide bonds. The Morgan fingerprint density at radius 3 is 2.11 bits per heavy atom. The smallest absolute Gasteiger partial charge is 0.313 e. The van der Waals surface area contributed by atoms with Gasteiger partial charge in [0.25, 0.3) is 0 Å². The molecule has 36 heavy (non-hydrogen) atoms. The van der Waals surface area contributed by atoms with E-state index in [1.807, 2.05) is 0 Å². The van der Waals surface area contributed by atoms with Gasteiger partial charge in [0.15, 0.2) is 0 Å². The SMILES string of the molecule is CC(=O)OC1CC[C@@]2(C)C(CC[C@]3(C)[C@@H]2CC[C@@H]2C4=CC(C)(C)CC[C@]4(C(=O)O)CC[C@]23C)C1(C)C. The molecule has 2 unspecified atom stereocenters. The maximum absolute atomic E-state index is 12.8. The molecule has 0 heterocycles. The largest absolute Gasteiger partial charge is 0.481 e. The summed E-state index contributed by atoms with van der Waals surface area (Å²) in [5.74, 6) is 0.791. The molecule has 1 N–H and O–H groups in total.